The van der Waals surface area contributed by atoms with Crippen molar-refractivity contribution in [3.05, 3.63) is 83.1 Å². The van der Waals surface area contributed by atoms with E-state index in [0.717, 1.165) is 31.3 Å². The molecule has 2 aromatic carbocycles. The van der Waals surface area contributed by atoms with Gasteiger partial charge in [0.25, 0.3) is 0 Å². The summed E-state index contributed by atoms with van der Waals surface area (Å²) < 4.78 is 12.9. The van der Waals surface area contributed by atoms with Gasteiger partial charge in [-0.05, 0) is 92.0 Å². The van der Waals surface area contributed by atoms with Crippen LogP contribution < -0.4 is 5.73 Å². The molecule has 3 fully saturated rings. The Morgan fingerprint density at radius 3 is 2.47 bits per heavy atom. The summed E-state index contributed by atoms with van der Waals surface area (Å²) in [6, 6.07) is 18.7. The lowest BCUT2D eigenvalue weighted by Gasteiger charge is -2.57. The third-order valence-electron chi connectivity index (χ3n) is 10.4. The highest BCUT2D eigenvalue weighted by Gasteiger charge is 2.66. The van der Waals surface area contributed by atoms with Crippen molar-refractivity contribution in [2.24, 2.45) is 23.0 Å². The smallest absolute Gasteiger partial charge is 0.402 e. The number of H-pyrrole nitrogens is 1. The molecule has 6 atom stereocenters. The zero-order valence-electron chi connectivity index (χ0n) is 25.1. The second-order valence-corrected chi connectivity index (χ2v) is 13.4. The largest absolute Gasteiger partial charge is 0.465 e. The molecule has 8 heteroatoms. The SMILES string of the molecule is CC1(C)OC23CCC4(C)C(CCC5Cc6c([nH]c7ccccc67)C54)C2=CC(=O)C1O3.NC(=O)O.OCCc1ccccc1. The molecule has 2 bridgehead atoms. The maximum absolute atomic E-state index is 13.0. The van der Waals surface area contributed by atoms with Crippen LogP contribution in [0.15, 0.2) is 66.2 Å². The second kappa shape index (κ2) is 10.9. The summed E-state index contributed by atoms with van der Waals surface area (Å²) >= 11 is 0. The zero-order valence-corrected chi connectivity index (χ0v) is 25.1. The molecule has 8 nitrogen and oxygen atoms in total. The van der Waals surface area contributed by atoms with Crippen LogP contribution in [0.4, 0.5) is 4.79 Å². The fraction of sp³-hybridized carbons (Fsp3) is 0.486. The molecule has 6 unspecified atom stereocenters. The predicted octanol–water partition coefficient (Wildman–Crippen LogP) is 5.88. The molecule has 1 saturated heterocycles. The Balaban J connectivity index is 0.000000213. The molecule has 5 aliphatic rings. The van der Waals surface area contributed by atoms with E-state index >= 15 is 0 Å². The number of ketones is 1. The number of nitrogens with two attached hydrogens (primary N) is 1. The quantitative estimate of drug-likeness (QED) is 0.296. The van der Waals surface area contributed by atoms with E-state index in [4.69, 9.17) is 24.5 Å². The minimum atomic E-state index is -1.33. The first-order valence-electron chi connectivity index (χ1n) is 15.4. The highest BCUT2D eigenvalue weighted by molar-refractivity contribution is 5.97. The van der Waals surface area contributed by atoms with Crippen molar-refractivity contribution in [1.29, 1.82) is 0 Å². The molecule has 3 heterocycles. The van der Waals surface area contributed by atoms with Crippen LogP contribution in [-0.4, -0.2) is 51.2 Å². The number of carbonyl (C=O) groups is 2. The van der Waals surface area contributed by atoms with Gasteiger partial charge in [-0.3, -0.25) is 4.79 Å². The molecule has 0 radical (unpaired) electrons. The molecule has 5 N–H and O–H groups in total. The van der Waals surface area contributed by atoms with Gasteiger partial charge in [0, 0.05) is 35.5 Å². The van der Waals surface area contributed by atoms with Crippen molar-refractivity contribution >= 4 is 22.8 Å². The molecular formula is C35H42N2O6. The summed E-state index contributed by atoms with van der Waals surface area (Å²) in [4.78, 5) is 25.5. The van der Waals surface area contributed by atoms with Gasteiger partial charge in [0.1, 0.15) is 5.60 Å². The van der Waals surface area contributed by atoms with Crippen molar-refractivity contribution < 1.29 is 29.3 Å². The van der Waals surface area contributed by atoms with E-state index in [1.165, 1.54) is 40.6 Å². The zero-order chi connectivity index (χ0) is 30.6. The molecule has 2 saturated carbocycles. The molecule has 228 valence electrons. The van der Waals surface area contributed by atoms with Gasteiger partial charge in [-0.1, -0.05) is 55.5 Å². The lowest BCUT2D eigenvalue weighted by Crippen LogP contribution is -2.54. The summed E-state index contributed by atoms with van der Waals surface area (Å²) in [5.74, 6) is 0.955. The molecule has 2 aliphatic heterocycles. The van der Waals surface area contributed by atoms with Crippen molar-refractivity contribution in [2.45, 2.75) is 82.7 Å². The number of hydrogen-bond acceptors (Lipinski definition) is 5. The van der Waals surface area contributed by atoms with E-state index in [2.05, 4.69) is 41.9 Å². The Morgan fingerprint density at radius 1 is 1.05 bits per heavy atom. The number of aromatic nitrogens is 1. The number of ether oxygens (including phenoxy) is 2. The predicted molar refractivity (Wildman–Crippen MR) is 164 cm³/mol. The summed E-state index contributed by atoms with van der Waals surface area (Å²) in [6.45, 7) is 6.71. The molecular weight excluding hydrogens is 544 g/mol. The summed E-state index contributed by atoms with van der Waals surface area (Å²) in [5.41, 5.74) is 10.2. The molecule has 1 amide bonds. The van der Waals surface area contributed by atoms with Crippen LogP contribution >= 0.6 is 0 Å². The van der Waals surface area contributed by atoms with Crippen LogP contribution in [0.1, 0.15) is 69.2 Å². The van der Waals surface area contributed by atoms with Crippen LogP contribution in [0.3, 0.4) is 0 Å². The minimum Gasteiger partial charge on any atom is -0.465 e. The Labute approximate surface area is 252 Å². The first-order chi connectivity index (χ1) is 20.5. The van der Waals surface area contributed by atoms with Crippen molar-refractivity contribution in [3.8, 4) is 0 Å². The molecule has 3 aliphatic carbocycles. The van der Waals surface area contributed by atoms with Crippen LogP contribution in [-0.2, 0) is 27.1 Å². The lowest BCUT2D eigenvalue weighted by molar-refractivity contribution is -0.199. The number of nitrogens with one attached hydrogen (secondary N) is 1. The first kappa shape index (κ1) is 29.6. The Kier molecular flexibility index (Phi) is 7.51. The third-order valence-corrected chi connectivity index (χ3v) is 10.4. The number of carboxylic acid groups (broad SMARTS) is 1. The first-order valence-corrected chi connectivity index (χ1v) is 15.4. The van der Waals surface area contributed by atoms with Gasteiger partial charge in [0.05, 0.1) is 0 Å². The van der Waals surface area contributed by atoms with E-state index in [-0.39, 0.29) is 17.8 Å². The monoisotopic (exact) mass is 586 g/mol. The maximum atomic E-state index is 13.0. The van der Waals surface area contributed by atoms with Gasteiger partial charge in [0.2, 0.25) is 0 Å². The van der Waals surface area contributed by atoms with E-state index < -0.39 is 23.6 Å². The number of carbonyl (C=O) groups excluding carboxylic acids is 1. The number of rotatable bonds is 2. The van der Waals surface area contributed by atoms with Crippen molar-refractivity contribution in [1.82, 2.24) is 4.98 Å². The number of amides is 1. The molecule has 3 aromatic rings. The standard InChI is InChI=1S/C26H29NO3.C8H10O.CH3NO2/c1-24(2)23-20(28)13-18-17-9-8-14-12-16-15-6-4-5-7-19(15)27-22(16)21(14)25(17,3)10-11-26(18,29-23)30-24;9-7-6-8-4-2-1-3-5-8;2-1(3)4/h4-7,13-14,17,21,23,27H,8-12H2,1-3H3;1-5,9H,6-7H2;2H2,(H,3,4). The molecule has 1 spiro atoms. The number of primary amides is 1. The number of benzene rings is 2. The van der Waals surface area contributed by atoms with Gasteiger partial charge < -0.3 is 30.4 Å². The molecule has 1 aromatic heterocycles. The summed E-state index contributed by atoms with van der Waals surface area (Å²) in [7, 11) is 0. The van der Waals surface area contributed by atoms with Crippen LogP contribution in [0, 0.1) is 17.3 Å². The van der Waals surface area contributed by atoms with Gasteiger partial charge in [-0.15, -0.1) is 0 Å². The Hall–Kier alpha value is -3.46. The minimum absolute atomic E-state index is 0.0900. The Bertz CT molecular complexity index is 1560. The second-order valence-electron chi connectivity index (χ2n) is 13.4. The van der Waals surface area contributed by atoms with Crippen LogP contribution in [0.25, 0.3) is 10.9 Å². The number of para-hydroxylation sites is 1. The van der Waals surface area contributed by atoms with E-state index in [9.17, 15) is 4.79 Å². The van der Waals surface area contributed by atoms with Gasteiger partial charge >= 0.3 is 6.09 Å². The van der Waals surface area contributed by atoms with E-state index in [1.54, 1.807) is 0 Å². The van der Waals surface area contributed by atoms with Gasteiger partial charge in [-0.2, -0.15) is 0 Å². The average molecular weight is 587 g/mol. The number of hydrogen-bond donors (Lipinski definition) is 4. The maximum Gasteiger partial charge on any atom is 0.402 e. The van der Waals surface area contributed by atoms with Crippen LogP contribution in [0.2, 0.25) is 0 Å². The summed E-state index contributed by atoms with van der Waals surface area (Å²) in [6.07, 6.45) is 6.31. The van der Waals surface area contributed by atoms with E-state index in [0.29, 0.717) is 17.8 Å². The normalized spacial score (nSPS) is 32.6. The van der Waals surface area contributed by atoms with Crippen molar-refractivity contribution in [2.75, 3.05) is 6.61 Å². The number of fused-ring (bicyclic) bond motifs is 9. The number of aromatic amines is 1. The number of aliphatic hydroxyl groups excluding tert-OH is 1. The highest BCUT2D eigenvalue weighted by Crippen LogP contribution is 2.68. The van der Waals surface area contributed by atoms with Gasteiger partial charge in [-0.25, -0.2) is 4.79 Å². The van der Waals surface area contributed by atoms with E-state index in [1.807, 2.05) is 50.3 Å². The fourth-order valence-corrected chi connectivity index (χ4v) is 8.76. The lowest BCUT2D eigenvalue weighted by atomic mass is 9.50. The molecule has 8 rings (SSSR count). The Morgan fingerprint density at radius 2 is 1.74 bits per heavy atom. The third kappa shape index (κ3) is 4.99. The number of aliphatic hydroxyl groups is 1. The van der Waals surface area contributed by atoms with Gasteiger partial charge in [0.15, 0.2) is 17.7 Å². The van der Waals surface area contributed by atoms with Crippen molar-refractivity contribution in [3.63, 3.8) is 0 Å². The fourth-order valence-electron chi connectivity index (χ4n) is 8.76. The van der Waals surface area contributed by atoms with Crippen LogP contribution in [0.5, 0.6) is 0 Å². The average Bonchev–Trinajstić information content (AvgIpc) is 3.57. The topological polar surface area (TPSA) is 135 Å². The highest BCUT2D eigenvalue weighted by atomic mass is 16.8. The summed E-state index contributed by atoms with van der Waals surface area (Å²) in [5, 5.41) is 17.1. The molecule has 43 heavy (non-hydrogen) atoms.